The van der Waals surface area contributed by atoms with Crippen molar-refractivity contribution in [3.05, 3.63) is 24.2 Å². The summed E-state index contributed by atoms with van der Waals surface area (Å²) in [5.74, 6) is -3.47. The van der Waals surface area contributed by atoms with Gasteiger partial charge in [0.2, 0.25) is 0 Å². The number of aliphatic carboxylic acids is 2. The molecule has 0 aromatic carbocycles. The molecule has 98 valence electrons. The highest BCUT2D eigenvalue weighted by Gasteiger charge is 2.16. The second-order valence-corrected chi connectivity index (χ2v) is 3.59. The van der Waals surface area contributed by atoms with Gasteiger partial charge < -0.3 is 29.5 Å². The van der Waals surface area contributed by atoms with Gasteiger partial charge in [-0.15, -0.1) is 0 Å². The van der Waals surface area contributed by atoms with Crippen molar-refractivity contribution < 1.29 is 29.0 Å². The summed E-state index contributed by atoms with van der Waals surface area (Å²) in [6.07, 6.45) is 1.02. The van der Waals surface area contributed by atoms with Gasteiger partial charge in [0.25, 0.3) is 5.91 Å². The maximum Gasteiger partial charge on any atom is 0.287 e. The van der Waals surface area contributed by atoms with Gasteiger partial charge in [0.05, 0.1) is 18.3 Å². The van der Waals surface area contributed by atoms with Gasteiger partial charge in [-0.2, -0.15) is 0 Å². The predicted octanol–water partition coefficient (Wildman–Crippen LogP) is -1.95. The van der Waals surface area contributed by atoms with Crippen LogP contribution in [0.25, 0.3) is 0 Å². The second-order valence-electron chi connectivity index (χ2n) is 3.59. The fourth-order valence-corrected chi connectivity index (χ4v) is 1.34. The lowest BCUT2D eigenvalue weighted by molar-refractivity contribution is -0.310. The molecule has 7 nitrogen and oxygen atoms in total. The van der Waals surface area contributed by atoms with Crippen LogP contribution in [0.4, 0.5) is 0 Å². The van der Waals surface area contributed by atoms with Gasteiger partial charge in [-0.1, -0.05) is 0 Å². The van der Waals surface area contributed by atoms with Crippen molar-refractivity contribution in [2.75, 3.05) is 0 Å². The maximum absolute atomic E-state index is 11.5. The topological polar surface area (TPSA) is 122 Å². The molecule has 1 amide bonds. The molecule has 1 aromatic rings. The van der Waals surface area contributed by atoms with Crippen LogP contribution in [-0.2, 0) is 9.59 Å². The Labute approximate surface area is 102 Å². The Hall–Kier alpha value is -2.31. The number of nitrogens with one attached hydrogen (secondary N) is 1. The van der Waals surface area contributed by atoms with Gasteiger partial charge in [-0.25, -0.2) is 0 Å². The van der Waals surface area contributed by atoms with E-state index in [1.807, 2.05) is 0 Å². The first-order valence-corrected chi connectivity index (χ1v) is 5.25. The summed E-state index contributed by atoms with van der Waals surface area (Å²) in [5.41, 5.74) is 0. The molecule has 0 radical (unpaired) electrons. The predicted molar refractivity (Wildman–Crippen MR) is 53.8 cm³/mol. The number of carboxylic acid groups (broad SMARTS) is 2. The number of rotatable bonds is 7. The molecule has 1 N–H and O–H groups in total. The normalized spacial score (nSPS) is 11.8. The molecular formula is C11H11NO6-2. The first kappa shape index (κ1) is 13.8. The van der Waals surface area contributed by atoms with Crippen LogP contribution >= 0.6 is 0 Å². The third-order valence-electron chi connectivity index (χ3n) is 2.21. The monoisotopic (exact) mass is 253 g/mol. The highest BCUT2D eigenvalue weighted by atomic mass is 16.4. The lowest BCUT2D eigenvalue weighted by Crippen LogP contribution is -2.47. The number of carboxylic acids is 2. The Morgan fingerprint density at radius 2 is 2.06 bits per heavy atom. The summed E-state index contributed by atoms with van der Waals surface area (Å²) in [6, 6.07) is 1.60. The minimum Gasteiger partial charge on any atom is -0.550 e. The third kappa shape index (κ3) is 4.28. The van der Waals surface area contributed by atoms with Crippen LogP contribution in [0.2, 0.25) is 0 Å². The van der Waals surface area contributed by atoms with Crippen molar-refractivity contribution in [1.29, 1.82) is 0 Å². The molecular weight excluding hydrogens is 242 g/mol. The van der Waals surface area contributed by atoms with E-state index in [0.29, 0.717) is 0 Å². The average Bonchev–Trinajstić information content (AvgIpc) is 2.80. The zero-order valence-corrected chi connectivity index (χ0v) is 9.38. The van der Waals surface area contributed by atoms with Gasteiger partial charge in [-0.3, -0.25) is 4.79 Å². The quantitative estimate of drug-likeness (QED) is 0.602. The fraction of sp³-hybridized carbons (Fsp3) is 0.364. The number of hydrogen-bond acceptors (Lipinski definition) is 6. The summed E-state index contributed by atoms with van der Waals surface area (Å²) in [6.45, 7) is 0. The summed E-state index contributed by atoms with van der Waals surface area (Å²) in [7, 11) is 0. The molecule has 0 aliphatic heterocycles. The second kappa shape index (κ2) is 6.43. The van der Waals surface area contributed by atoms with E-state index in [-0.39, 0.29) is 25.0 Å². The highest BCUT2D eigenvalue weighted by molar-refractivity contribution is 5.93. The molecule has 1 atom stereocenters. The molecule has 7 heteroatoms. The Morgan fingerprint density at radius 1 is 1.33 bits per heavy atom. The standard InChI is InChI=1S/C11H13NO6/c13-9(14)5-1-3-7(11(16)17)12-10(15)8-4-2-6-18-8/h2,4,6-7H,1,3,5H2,(H,12,15)(H,13,14)(H,16,17)/p-2. The molecule has 0 saturated carbocycles. The minimum absolute atomic E-state index is 0.0267. The van der Waals surface area contributed by atoms with Crippen LogP contribution in [0.3, 0.4) is 0 Å². The molecule has 0 saturated heterocycles. The first-order valence-electron chi connectivity index (χ1n) is 5.25. The number of carbonyl (C=O) groups is 3. The van der Waals surface area contributed by atoms with Crippen LogP contribution in [0.5, 0.6) is 0 Å². The van der Waals surface area contributed by atoms with Crippen LogP contribution in [0.1, 0.15) is 29.8 Å². The molecule has 0 aliphatic carbocycles. The van der Waals surface area contributed by atoms with Crippen molar-refractivity contribution in [1.82, 2.24) is 5.32 Å². The minimum atomic E-state index is -1.48. The van der Waals surface area contributed by atoms with Gasteiger partial charge >= 0.3 is 0 Å². The number of hydrogen-bond donors (Lipinski definition) is 1. The number of carbonyl (C=O) groups excluding carboxylic acids is 3. The Kier molecular flexibility index (Phi) is 4.91. The van der Waals surface area contributed by atoms with Gasteiger partial charge in [0.1, 0.15) is 0 Å². The molecule has 18 heavy (non-hydrogen) atoms. The Balaban J connectivity index is 2.50. The van der Waals surface area contributed by atoms with E-state index < -0.39 is 23.9 Å². The van der Waals surface area contributed by atoms with Gasteiger partial charge in [-0.05, 0) is 31.4 Å². The average molecular weight is 253 g/mol. The van der Waals surface area contributed by atoms with Crippen LogP contribution in [-0.4, -0.2) is 23.9 Å². The highest BCUT2D eigenvalue weighted by Crippen LogP contribution is 2.04. The summed E-state index contributed by atoms with van der Waals surface area (Å²) < 4.78 is 4.79. The number of furan rings is 1. The van der Waals surface area contributed by atoms with Crippen LogP contribution in [0, 0.1) is 0 Å². The maximum atomic E-state index is 11.5. The van der Waals surface area contributed by atoms with E-state index in [2.05, 4.69) is 5.32 Å². The summed E-state index contributed by atoms with van der Waals surface area (Å²) in [5, 5.41) is 23.1. The van der Waals surface area contributed by atoms with Crippen molar-refractivity contribution in [3.8, 4) is 0 Å². The Bertz CT molecular complexity index is 425. The van der Waals surface area contributed by atoms with Crippen LogP contribution < -0.4 is 15.5 Å². The van der Waals surface area contributed by atoms with E-state index >= 15 is 0 Å². The Morgan fingerprint density at radius 3 is 2.56 bits per heavy atom. The van der Waals surface area contributed by atoms with Crippen LogP contribution in [0.15, 0.2) is 22.8 Å². The number of amides is 1. The van der Waals surface area contributed by atoms with E-state index in [1.165, 1.54) is 18.4 Å². The zero-order chi connectivity index (χ0) is 13.5. The molecule has 1 unspecified atom stereocenters. The summed E-state index contributed by atoms with van der Waals surface area (Å²) in [4.78, 5) is 32.4. The third-order valence-corrected chi connectivity index (χ3v) is 2.21. The largest absolute Gasteiger partial charge is 0.550 e. The molecule has 0 spiro atoms. The smallest absolute Gasteiger partial charge is 0.287 e. The lowest BCUT2D eigenvalue weighted by Gasteiger charge is -2.19. The van der Waals surface area contributed by atoms with E-state index in [9.17, 15) is 24.6 Å². The van der Waals surface area contributed by atoms with Gasteiger partial charge in [0, 0.05) is 5.97 Å². The molecule has 0 aliphatic rings. The lowest BCUT2D eigenvalue weighted by atomic mass is 10.1. The van der Waals surface area contributed by atoms with Crippen molar-refractivity contribution in [3.63, 3.8) is 0 Å². The van der Waals surface area contributed by atoms with E-state index in [1.54, 1.807) is 0 Å². The molecule has 0 bridgehead atoms. The molecule has 1 heterocycles. The van der Waals surface area contributed by atoms with Crippen molar-refractivity contribution in [2.24, 2.45) is 0 Å². The van der Waals surface area contributed by atoms with Gasteiger partial charge in [0.15, 0.2) is 5.76 Å². The van der Waals surface area contributed by atoms with Crippen molar-refractivity contribution >= 4 is 17.8 Å². The molecule has 1 aromatic heterocycles. The molecule has 0 fully saturated rings. The van der Waals surface area contributed by atoms with Crippen molar-refractivity contribution in [2.45, 2.75) is 25.3 Å². The first-order chi connectivity index (χ1) is 8.50. The van der Waals surface area contributed by atoms with E-state index in [0.717, 1.165) is 0 Å². The fourth-order valence-electron chi connectivity index (χ4n) is 1.34. The SMILES string of the molecule is O=C([O-])CCCC(NC(=O)c1ccco1)C(=O)[O-]. The molecule has 1 rings (SSSR count). The summed E-state index contributed by atoms with van der Waals surface area (Å²) >= 11 is 0. The van der Waals surface area contributed by atoms with E-state index in [4.69, 9.17) is 4.42 Å². The zero-order valence-electron chi connectivity index (χ0n) is 9.38.